The van der Waals surface area contributed by atoms with Gasteiger partial charge in [0.15, 0.2) is 11.3 Å². The molecule has 1 saturated heterocycles. The zero-order valence-corrected chi connectivity index (χ0v) is 14.6. The number of nitrogens with one attached hydrogen (secondary N) is 3. The summed E-state index contributed by atoms with van der Waals surface area (Å²) >= 11 is 0. The number of aromatic amines is 1. The molecule has 0 spiro atoms. The van der Waals surface area contributed by atoms with Crippen molar-refractivity contribution < 1.29 is 0 Å². The second-order valence-electron chi connectivity index (χ2n) is 6.33. The molecular weight excluding hydrogens is 343 g/mol. The second-order valence-corrected chi connectivity index (χ2v) is 6.33. The van der Waals surface area contributed by atoms with Crippen LogP contribution in [0.3, 0.4) is 0 Å². The fraction of sp³-hybridized carbons (Fsp3) is 0.312. The van der Waals surface area contributed by atoms with Crippen LogP contribution in [-0.2, 0) is 6.54 Å². The predicted molar refractivity (Wildman–Crippen MR) is 102 cm³/mol. The van der Waals surface area contributed by atoms with Crippen molar-refractivity contribution >= 4 is 42.0 Å². The van der Waals surface area contributed by atoms with E-state index in [1.165, 1.54) is 0 Å². The molecule has 1 aliphatic heterocycles. The Balaban J connectivity index is 1.47. The number of hydrogen-bond donors (Lipinski definition) is 3. The predicted octanol–water partition coefficient (Wildman–Crippen LogP) is -0.789. The molecule has 4 aromatic heterocycles. The maximum atomic E-state index is 6.04. The average molecular weight is 360 g/mol. The number of fused-ring (bicyclic) bond motifs is 2. The molecule has 0 aliphatic carbocycles. The van der Waals surface area contributed by atoms with Gasteiger partial charge >= 0.3 is 0 Å². The van der Waals surface area contributed by atoms with Crippen molar-refractivity contribution in [1.82, 2.24) is 39.9 Å². The summed E-state index contributed by atoms with van der Waals surface area (Å²) in [6.07, 6.45) is 3.31. The van der Waals surface area contributed by atoms with Crippen LogP contribution < -0.4 is 21.0 Å². The molecule has 5 rings (SSSR count). The Kier molecular flexibility index (Phi) is 3.86. The summed E-state index contributed by atoms with van der Waals surface area (Å²) in [5.74, 6) is 1.97. The first-order valence-electron chi connectivity index (χ1n) is 8.78. The minimum atomic E-state index is 0.448. The summed E-state index contributed by atoms with van der Waals surface area (Å²) in [4.78, 5) is 23.4. The lowest BCUT2D eigenvalue weighted by Crippen LogP contribution is -2.44. The molecule has 0 unspecified atom stereocenters. The summed E-state index contributed by atoms with van der Waals surface area (Å²) < 4.78 is 1.61. The molecular formula is C16H17BN10. The van der Waals surface area contributed by atoms with E-state index in [0.29, 0.717) is 35.2 Å². The lowest BCUT2D eigenvalue weighted by Gasteiger charge is -2.27. The Hall–Kier alpha value is -3.21. The molecule has 2 radical (unpaired) electrons. The fourth-order valence-electron chi connectivity index (χ4n) is 3.15. The highest BCUT2D eigenvalue weighted by Crippen LogP contribution is 2.15. The van der Waals surface area contributed by atoms with Gasteiger partial charge in [0.2, 0.25) is 11.9 Å². The van der Waals surface area contributed by atoms with Crippen molar-refractivity contribution in [2.24, 2.45) is 0 Å². The first kappa shape index (κ1) is 16.0. The van der Waals surface area contributed by atoms with Gasteiger partial charge in [-0.1, -0.05) is 0 Å². The molecule has 10 nitrogen and oxygen atoms in total. The number of hydrogen-bond acceptors (Lipinski definition) is 8. The van der Waals surface area contributed by atoms with E-state index in [1.807, 2.05) is 12.1 Å². The third-order valence-electron chi connectivity index (χ3n) is 4.50. The number of H-pyrrole nitrogens is 1. The highest BCUT2D eigenvalue weighted by Gasteiger charge is 2.17. The number of piperazine rings is 1. The highest BCUT2D eigenvalue weighted by atomic mass is 15.4. The van der Waals surface area contributed by atoms with Crippen LogP contribution in [0.25, 0.3) is 16.8 Å². The Labute approximate surface area is 155 Å². The summed E-state index contributed by atoms with van der Waals surface area (Å²) in [6.45, 7) is 3.94. The number of imidazole rings is 1. The summed E-state index contributed by atoms with van der Waals surface area (Å²) in [5.41, 5.74) is 2.69. The minimum Gasteiger partial charge on any atom is -0.347 e. The normalized spacial score (nSPS) is 14.9. The molecule has 3 N–H and O–H groups in total. The molecule has 5 heterocycles. The SMILES string of the molecule is [B]c1cnn2c(NCc3nc4ncccc4[nH]3)nc(N3CCNCC3)nc12. The van der Waals surface area contributed by atoms with Gasteiger partial charge < -0.3 is 20.5 Å². The van der Waals surface area contributed by atoms with Crippen molar-refractivity contribution in [3.8, 4) is 0 Å². The molecule has 11 heteroatoms. The van der Waals surface area contributed by atoms with Crippen LogP contribution in [0.4, 0.5) is 11.9 Å². The molecule has 27 heavy (non-hydrogen) atoms. The van der Waals surface area contributed by atoms with Gasteiger partial charge in [0.25, 0.3) is 0 Å². The molecule has 0 atom stereocenters. The molecule has 0 bridgehead atoms. The summed E-state index contributed by atoms with van der Waals surface area (Å²) in [6, 6.07) is 3.82. The van der Waals surface area contributed by atoms with Crippen molar-refractivity contribution in [2.75, 3.05) is 36.4 Å². The minimum absolute atomic E-state index is 0.448. The first-order valence-corrected chi connectivity index (χ1v) is 8.78. The van der Waals surface area contributed by atoms with Crippen molar-refractivity contribution in [3.63, 3.8) is 0 Å². The fourth-order valence-corrected chi connectivity index (χ4v) is 3.15. The first-order chi connectivity index (χ1) is 13.3. The van der Waals surface area contributed by atoms with Gasteiger partial charge in [-0.3, -0.25) is 0 Å². The van der Waals surface area contributed by atoms with Crippen molar-refractivity contribution in [3.05, 3.63) is 30.4 Å². The maximum absolute atomic E-state index is 6.04. The molecule has 0 amide bonds. The van der Waals surface area contributed by atoms with Crippen LogP contribution >= 0.6 is 0 Å². The van der Waals surface area contributed by atoms with Crippen LogP contribution in [0.5, 0.6) is 0 Å². The standard InChI is InChI=1S/C16H17BN10/c17-10-8-21-27-14(10)24-16(26-6-4-18-5-7-26)25-15(27)20-9-12-22-11-2-1-3-19-13(11)23-12/h1-3,8,18H,4-7,9H2,(H,19,22,23)(H,20,24,25). The second kappa shape index (κ2) is 6.51. The molecule has 4 aromatic rings. The Morgan fingerprint density at radius 2 is 2.07 bits per heavy atom. The summed E-state index contributed by atoms with van der Waals surface area (Å²) in [5, 5.41) is 10.9. The van der Waals surface area contributed by atoms with Gasteiger partial charge in [0.05, 0.1) is 12.1 Å². The summed E-state index contributed by atoms with van der Waals surface area (Å²) in [7, 11) is 6.04. The molecule has 1 aliphatic rings. The van der Waals surface area contributed by atoms with Gasteiger partial charge in [0, 0.05) is 38.6 Å². The Bertz CT molecular complexity index is 1060. The van der Waals surface area contributed by atoms with E-state index in [1.54, 1.807) is 16.9 Å². The maximum Gasteiger partial charge on any atom is 0.230 e. The van der Waals surface area contributed by atoms with Crippen LogP contribution in [0.15, 0.2) is 24.5 Å². The zero-order chi connectivity index (χ0) is 18.2. The number of nitrogens with zero attached hydrogens (tertiary/aromatic N) is 7. The van der Waals surface area contributed by atoms with E-state index in [0.717, 1.165) is 37.5 Å². The van der Waals surface area contributed by atoms with E-state index < -0.39 is 0 Å². The quantitative estimate of drug-likeness (QED) is 0.406. The largest absolute Gasteiger partial charge is 0.347 e. The third kappa shape index (κ3) is 2.95. The van der Waals surface area contributed by atoms with Crippen LogP contribution in [-0.4, -0.2) is 68.6 Å². The third-order valence-corrected chi connectivity index (χ3v) is 4.50. The zero-order valence-electron chi connectivity index (χ0n) is 14.6. The van der Waals surface area contributed by atoms with Gasteiger partial charge in [-0.2, -0.15) is 19.6 Å². The number of rotatable bonds is 4. The van der Waals surface area contributed by atoms with Crippen molar-refractivity contribution in [2.45, 2.75) is 6.54 Å². The van der Waals surface area contributed by atoms with Crippen LogP contribution in [0, 0.1) is 0 Å². The molecule has 134 valence electrons. The lowest BCUT2D eigenvalue weighted by atomic mass is 10.0. The van der Waals surface area contributed by atoms with Gasteiger partial charge in [0.1, 0.15) is 13.7 Å². The molecule has 0 aromatic carbocycles. The number of pyridine rings is 1. The van der Waals surface area contributed by atoms with E-state index in [4.69, 9.17) is 7.85 Å². The highest BCUT2D eigenvalue weighted by molar-refractivity contribution is 6.36. The van der Waals surface area contributed by atoms with Gasteiger partial charge in [-0.15, -0.1) is 0 Å². The monoisotopic (exact) mass is 360 g/mol. The Morgan fingerprint density at radius 1 is 1.19 bits per heavy atom. The number of anilines is 2. The van der Waals surface area contributed by atoms with E-state index in [-0.39, 0.29) is 0 Å². The van der Waals surface area contributed by atoms with Crippen molar-refractivity contribution in [1.29, 1.82) is 0 Å². The smallest absolute Gasteiger partial charge is 0.230 e. The Morgan fingerprint density at radius 3 is 2.93 bits per heavy atom. The topological polar surface area (TPSA) is 112 Å². The number of aromatic nitrogens is 7. The molecule has 1 fully saturated rings. The van der Waals surface area contributed by atoms with E-state index in [2.05, 4.69) is 45.6 Å². The average Bonchev–Trinajstić information content (AvgIpc) is 3.30. The van der Waals surface area contributed by atoms with Gasteiger partial charge in [-0.25, -0.2) is 9.97 Å². The van der Waals surface area contributed by atoms with E-state index >= 15 is 0 Å². The molecule has 0 saturated carbocycles. The van der Waals surface area contributed by atoms with Crippen LogP contribution in [0.1, 0.15) is 5.82 Å². The van der Waals surface area contributed by atoms with Gasteiger partial charge in [-0.05, 0) is 17.6 Å². The lowest BCUT2D eigenvalue weighted by molar-refractivity contribution is 0.579. The van der Waals surface area contributed by atoms with E-state index in [9.17, 15) is 0 Å². The van der Waals surface area contributed by atoms with Crippen LogP contribution in [0.2, 0.25) is 0 Å².